The monoisotopic (exact) mass is 220 g/mol. The van der Waals surface area contributed by atoms with Crippen molar-refractivity contribution < 1.29 is 100 Å². The van der Waals surface area contributed by atoms with E-state index in [-0.39, 0.29) is 56.6 Å². The van der Waals surface area contributed by atoms with Gasteiger partial charge < -0.3 is 25.3 Å². The minimum atomic E-state index is -4.67. The topological polar surface area (TPSA) is 144 Å². The van der Waals surface area contributed by atoms with Crippen LogP contribution >= 0.6 is 0 Å². The van der Waals surface area contributed by atoms with Gasteiger partial charge in [0.25, 0.3) is 0 Å². The first-order chi connectivity index (χ1) is 5.62. The van der Waals surface area contributed by atoms with Gasteiger partial charge in [-0.3, -0.25) is 7.32 Å². The molecule has 7 nitrogen and oxygen atoms in total. The number of hydrogen-bond acceptors (Lipinski definition) is 5. The molecule has 0 fully saturated rings. The quantitative estimate of drug-likeness (QED) is 0.347. The van der Waals surface area contributed by atoms with Crippen molar-refractivity contribution in [2.24, 2.45) is 0 Å². The fraction of sp³-hybridized carbons (Fsp3) is 0.333. The summed E-state index contributed by atoms with van der Waals surface area (Å²) in [6.07, 6.45) is 0. The van der Waals surface area contributed by atoms with Crippen LogP contribution in [0.4, 0.5) is 8.78 Å². The summed E-state index contributed by atoms with van der Waals surface area (Å²) in [5, 5.41) is 40.2. The molecule has 0 aliphatic heterocycles. The summed E-state index contributed by atoms with van der Waals surface area (Å²) in [5.74, 6) is -9.98. The van der Waals surface area contributed by atoms with Crippen LogP contribution in [-0.2, 0) is 9.59 Å². The summed E-state index contributed by atoms with van der Waals surface area (Å²) in [6, 6.07) is 0. The summed E-state index contributed by atoms with van der Waals surface area (Å²) in [4.78, 5) is 18.7. The van der Waals surface area contributed by atoms with Crippen molar-refractivity contribution in [2.75, 3.05) is 0 Å². The number of hydrogen-bond donors (Lipinski definition) is 2. The summed E-state index contributed by atoms with van der Waals surface area (Å²) in [7, 11) is -2.92. The van der Waals surface area contributed by atoms with E-state index in [9.17, 15) is 18.4 Å². The number of rotatable bonds is 2. The molecule has 0 aliphatic carbocycles. The molecule has 0 saturated heterocycles. The van der Waals surface area contributed by atoms with Gasteiger partial charge in [0.2, 0.25) is 0 Å². The number of halogens is 2. The van der Waals surface area contributed by atoms with E-state index in [1.54, 1.807) is 0 Å². The van der Waals surface area contributed by atoms with E-state index in [1.807, 2.05) is 0 Å². The number of alkyl halides is 2. The molecule has 13 heteroatoms. The van der Waals surface area contributed by atoms with Crippen LogP contribution < -0.4 is 71.7 Å². The molecule has 2 N–H and O–H groups in total. The van der Waals surface area contributed by atoms with Crippen LogP contribution in [0.25, 0.3) is 0 Å². The Hall–Kier alpha value is 0.537. The number of carbonyl (C=O) groups is 2. The van der Waals surface area contributed by atoms with Crippen LogP contribution in [0.3, 0.4) is 0 Å². The minimum Gasteiger partial charge on any atom is -0.907 e. The van der Waals surface area contributed by atoms with E-state index < -0.39 is 25.2 Å². The Morgan fingerprint density at radius 1 is 0.938 bits per heavy atom. The molecule has 0 bridgehead atoms. The Bertz CT molecular complexity index is 185. The van der Waals surface area contributed by atoms with E-state index in [0.29, 0.717) is 0 Å². The molecule has 0 radical (unpaired) electrons. The number of aliphatic carboxylic acids is 2. The zero-order chi connectivity index (χ0) is 11.2. The number of carboxylic acids is 2. The molecule has 76 valence electrons. The van der Waals surface area contributed by atoms with Crippen molar-refractivity contribution in [1.29, 1.82) is 0 Å². The van der Waals surface area contributed by atoms with E-state index in [2.05, 4.69) is 0 Å². The molecule has 0 spiro atoms. The second-order valence-corrected chi connectivity index (χ2v) is 1.47. The second-order valence-electron chi connectivity index (χ2n) is 1.47. The van der Waals surface area contributed by atoms with Gasteiger partial charge in [0.05, 0.1) is 0 Å². The van der Waals surface area contributed by atoms with Gasteiger partial charge >= 0.3 is 74.4 Å². The van der Waals surface area contributed by atoms with Crippen molar-refractivity contribution in [3.63, 3.8) is 0 Å². The van der Waals surface area contributed by atoms with Gasteiger partial charge in [0.15, 0.2) is 0 Å². The summed E-state index contributed by atoms with van der Waals surface area (Å²) in [5.41, 5.74) is 0. The number of carboxylic acid groups (broad SMARTS) is 2. The van der Waals surface area contributed by atoms with Crippen molar-refractivity contribution in [1.82, 2.24) is 0 Å². The maximum absolute atomic E-state index is 11.5. The predicted octanol–water partition coefficient (Wildman–Crippen LogP) is -13.1. The third-order valence-corrected chi connectivity index (χ3v) is 0.537. The van der Waals surface area contributed by atoms with Gasteiger partial charge in [0, 0.05) is 0 Å². The van der Waals surface area contributed by atoms with Gasteiger partial charge in [-0.2, -0.15) is 8.78 Å². The Morgan fingerprint density at radius 3 is 1.06 bits per heavy atom. The van der Waals surface area contributed by atoms with Crippen LogP contribution in [0.5, 0.6) is 0 Å². The smallest absolute Gasteiger partial charge is 0.907 e. The van der Waals surface area contributed by atoms with Crippen LogP contribution in [0.1, 0.15) is 0 Å². The molecule has 0 saturated carbocycles. The molecule has 0 aliphatic rings. The molecule has 0 unspecified atom stereocenters. The maximum Gasteiger partial charge on any atom is 1.00 e. The van der Waals surface area contributed by atoms with Gasteiger partial charge in [-0.25, -0.2) is 9.59 Å². The first-order valence-electron chi connectivity index (χ1n) is 2.44. The Balaban J connectivity index is -0.0000000511. The molecule has 0 rings (SSSR count). The largest absolute Gasteiger partial charge is 1.00 e. The first-order valence-corrected chi connectivity index (χ1v) is 2.44. The van der Waals surface area contributed by atoms with E-state index in [0.717, 1.165) is 0 Å². The molecule has 0 amide bonds. The second kappa shape index (κ2) is 13.6. The molecule has 0 atom stereocenters. The predicted molar refractivity (Wildman–Crippen MR) is 26.0 cm³/mol. The maximum atomic E-state index is 11.5. The van der Waals surface area contributed by atoms with Gasteiger partial charge in [-0.15, -0.1) is 0 Å². The zero-order valence-electron chi connectivity index (χ0n) is 8.77. The van der Waals surface area contributed by atoms with Gasteiger partial charge in [-0.05, 0) is 0 Å². The van der Waals surface area contributed by atoms with Crippen LogP contribution in [-0.4, -0.2) is 35.4 Å². The van der Waals surface area contributed by atoms with Crippen molar-refractivity contribution in [3.05, 3.63) is 0 Å². The standard InChI is InChI=1S/C3H2F2O4.BO3.3Li/c4-3(5,1(6)7)2(8)9;2-1(3)4;;;/h(H,6,7)(H,8,9);;;;/q;-3;3*+1. The third kappa shape index (κ3) is 16.9. The molecule has 0 aromatic carbocycles. The molecule has 16 heavy (non-hydrogen) atoms. The summed E-state index contributed by atoms with van der Waals surface area (Å²) >= 11 is 0. The summed E-state index contributed by atoms with van der Waals surface area (Å²) < 4.78 is 22.9. The Morgan fingerprint density at radius 2 is 1.06 bits per heavy atom. The van der Waals surface area contributed by atoms with Crippen molar-refractivity contribution in [3.8, 4) is 0 Å². The SMILES string of the molecule is O=C(O)C(F)(F)C(=O)O.[Li+].[Li+].[Li+].[O-]B([O-])[O-]. The Labute approximate surface area is 125 Å². The van der Waals surface area contributed by atoms with E-state index in [1.165, 1.54) is 0 Å². The zero-order valence-corrected chi connectivity index (χ0v) is 8.77. The fourth-order valence-electron chi connectivity index (χ4n) is 0.0915. The minimum absolute atomic E-state index is 0. The molecule has 0 aromatic heterocycles. The van der Waals surface area contributed by atoms with Crippen molar-refractivity contribution in [2.45, 2.75) is 5.92 Å². The van der Waals surface area contributed by atoms with E-state index >= 15 is 0 Å². The van der Waals surface area contributed by atoms with Crippen LogP contribution in [0, 0.1) is 0 Å². The Kier molecular flexibility index (Phi) is 25.5. The molecule has 0 aromatic rings. The van der Waals surface area contributed by atoms with Crippen molar-refractivity contribution >= 4 is 19.3 Å². The van der Waals surface area contributed by atoms with Crippen LogP contribution in [0.2, 0.25) is 0 Å². The summed E-state index contributed by atoms with van der Waals surface area (Å²) in [6.45, 7) is 0. The third-order valence-electron chi connectivity index (χ3n) is 0.537. The molecular weight excluding hydrogens is 218 g/mol. The van der Waals surface area contributed by atoms with Crippen LogP contribution in [0.15, 0.2) is 0 Å². The normalized spacial score (nSPS) is 7.81. The van der Waals surface area contributed by atoms with Gasteiger partial charge in [-0.1, -0.05) is 0 Å². The fourth-order valence-corrected chi connectivity index (χ4v) is 0.0915. The average Bonchev–Trinajstić information content (AvgIpc) is 1.85. The molecular formula is C3H2BF2Li3O7. The van der Waals surface area contributed by atoms with Gasteiger partial charge in [0.1, 0.15) is 0 Å². The molecule has 0 heterocycles. The average molecular weight is 220 g/mol. The van der Waals surface area contributed by atoms with E-state index in [4.69, 9.17) is 25.3 Å². The first kappa shape index (κ1) is 30.0.